The van der Waals surface area contributed by atoms with Crippen LogP contribution in [0.15, 0.2) is 24.3 Å². The predicted octanol–water partition coefficient (Wildman–Crippen LogP) is 2.05. The Bertz CT molecular complexity index is 566. The normalized spacial score (nSPS) is 20.4. The van der Waals surface area contributed by atoms with E-state index in [1.165, 1.54) is 6.07 Å². The van der Waals surface area contributed by atoms with Gasteiger partial charge in [0.25, 0.3) is 0 Å². The number of sulfone groups is 1. The van der Waals surface area contributed by atoms with Crippen LogP contribution in [0.3, 0.4) is 0 Å². The molecule has 1 N–H and O–H groups in total. The van der Waals surface area contributed by atoms with Crippen LogP contribution in [0.25, 0.3) is 0 Å². The highest BCUT2D eigenvalue weighted by molar-refractivity contribution is 8.01. The maximum atomic E-state index is 13.5. The van der Waals surface area contributed by atoms with Crippen molar-refractivity contribution in [3.8, 4) is 0 Å². The molecular formula is C14H21FN2O2S2. The molecule has 0 radical (unpaired) electrons. The van der Waals surface area contributed by atoms with Gasteiger partial charge in [-0.25, -0.2) is 12.8 Å². The van der Waals surface area contributed by atoms with Crippen molar-refractivity contribution in [1.82, 2.24) is 4.90 Å². The van der Waals surface area contributed by atoms with Gasteiger partial charge in [-0.3, -0.25) is 4.90 Å². The van der Waals surface area contributed by atoms with Crippen LogP contribution in [-0.4, -0.2) is 55.6 Å². The Morgan fingerprint density at radius 3 is 2.90 bits per heavy atom. The fraction of sp³-hybridized carbons (Fsp3) is 0.571. The van der Waals surface area contributed by atoms with E-state index < -0.39 is 15.2 Å². The molecule has 4 nitrogen and oxygen atoms in total. The lowest BCUT2D eigenvalue weighted by atomic mass is 10.3. The summed E-state index contributed by atoms with van der Waals surface area (Å²) >= 11 is 1.68. The Kier molecular flexibility index (Phi) is 5.89. The SMILES string of the molecule is CCS(=O)(=O)C1CSCCN1CCNc1ccccc1F. The summed E-state index contributed by atoms with van der Waals surface area (Å²) in [7, 11) is -3.07. The number of thioether (sulfide) groups is 1. The molecule has 1 aliphatic heterocycles. The smallest absolute Gasteiger partial charge is 0.166 e. The maximum absolute atomic E-state index is 13.5. The number of halogens is 1. The van der Waals surface area contributed by atoms with E-state index in [9.17, 15) is 12.8 Å². The minimum Gasteiger partial charge on any atom is -0.381 e. The molecule has 21 heavy (non-hydrogen) atoms. The number of rotatable bonds is 6. The monoisotopic (exact) mass is 332 g/mol. The molecule has 118 valence electrons. The van der Waals surface area contributed by atoms with Gasteiger partial charge in [0.15, 0.2) is 9.84 Å². The van der Waals surface area contributed by atoms with Crippen molar-refractivity contribution in [2.45, 2.75) is 12.3 Å². The molecule has 1 aromatic rings. The predicted molar refractivity (Wildman–Crippen MR) is 87.0 cm³/mol. The van der Waals surface area contributed by atoms with Gasteiger partial charge in [-0.15, -0.1) is 0 Å². The summed E-state index contributed by atoms with van der Waals surface area (Å²) in [5, 5.41) is 2.62. The van der Waals surface area contributed by atoms with Crippen LogP contribution < -0.4 is 5.32 Å². The molecule has 0 saturated carbocycles. The van der Waals surface area contributed by atoms with Crippen molar-refractivity contribution >= 4 is 27.3 Å². The zero-order valence-electron chi connectivity index (χ0n) is 12.1. The molecule has 0 aromatic heterocycles. The van der Waals surface area contributed by atoms with Crippen LogP contribution >= 0.6 is 11.8 Å². The molecular weight excluding hydrogens is 311 g/mol. The number of hydrogen-bond donors (Lipinski definition) is 1. The second-order valence-corrected chi connectivity index (χ2v) is 8.52. The average molecular weight is 332 g/mol. The van der Waals surface area contributed by atoms with E-state index in [2.05, 4.69) is 5.32 Å². The van der Waals surface area contributed by atoms with Crippen LogP contribution in [0.4, 0.5) is 10.1 Å². The number of nitrogens with one attached hydrogen (secondary N) is 1. The Morgan fingerprint density at radius 2 is 2.19 bits per heavy atom. The van der Waals surface area contributed by atoms with Crippen molar-refractivity contribution in [3.05, 3.63) is 30.1 Å². The molecule has 1 heterocycles. The highest BCUT2D eigenvalue weighted by Gasteiger charge is 2.32. The number of hydrogen-bond acceptors (Lipinski definition) is 5. The van der Waals surface area contributed by atoms with E-state index in [-0.39, 0.29) is 11.6 Å². The summed E-state index contributed by atoms with van der Waals surface area (Å²) in [6.07, 6.45) is 0. The lowest BCUT2D eigenvalue weighted by molar-refractivity contribution is 0.280. The molecule has 7 heteroatoms. The van der Waals surface area contributed by atoms with Crippen molar-refractivity contribution in [2.24, 2.45) is 0 Å². The van der Waals surface area contributed by atoms with E-state index in [1.54, 1.807) is 36.9 Å². The lowest BCUT2D eigenvalue weighted by Crippen LogP contribution is -2.49. The lowest BCUT2D eigenvalue weighted by Gasteiger charge is -2.34. The van der Waals surface area contributed by atoms with Crippen LogP contribution in [0.1, 0.15) is 6.92 Å². The summed E-state index contributed by atoms with van der Waals surface area (Å²) in [6.45, 7) is 3.57. The molecule has 0 amide bonds. The second kappa shape index (κ2) is 7.47. The number of anilines is 1. The third-order valence-corrected chi connectivity index (χ3v) is 6.93. The van der Waals surface area contributed by atoms with Crippen LogP contribution in [0.2, 0.25) is 0 Å². The average Bonchev–Trinajstić information content (AvgIpc) is 2.49. The first-order valence-corrected chi connectivity index (χ1v) is 9.93. The molecule has 1 aliphatic rings. The first kappa shape index (κ1) is 16.6. The van der Waals surface area contributed by atoms with E-state index in [4.69, 9.17) is 0 Å². The summed E-state index contributed by atoms with van der Waals surface area (Å²) in [6, 6.07) is 6.51. The van der Waals surface area contributed by atoms with Gasteiger partial charge in [0.1, 0.15) is 11.2 Å². The van der Waals surface area contributed by atoms with Gasteiger partial charge in [0, 0.05) is 36.9 Å². The summed E-state index contributed by atoms with van der Waals surface area (Å²) in [5.41, 5.74) is 0.457. The molecule has 1 fully saturated rings. The topological polar surface area (TPSA) is 49.4 Å². The zero-order chi connectivity index (χ0) is 15.3. The fourth-order valence-corrected chi connectivity index (χ4v) is 5.44. The Morgan fingerprint density at radius 1 is 1.43 bits per heavy atom. The third kappa shape index (κ3) is 4.34. The number of benzene rings is 1. The van der Waals surface area contributed by atoms with Crippen molar-refractivity contribution in [3.63, 3.8) is 0 Å². The molecule has 1 saturated heterocycles. The molecule has 1 aromatic carbocycles. The largest absolute Gasteiger partial charge is 0.381 e. The van der Waals surface area contributed by atoms with Crippen LogP contribution in [0, 0.1) is 5.82 Å². The Hall–Kier alpha value is -0.790. The third-order valence-electron chi connectivity index (χ3n) is 3.60. The van der Waals surface area contributed by atoms with Crippen molar-refractivity contribution in [2.75, 3.05) is 42.2 Å². The molecule has 0 bridgehead atoms. The minimum absolute atomic E-state index is 0.162. The van der Waals surface area contributed by atoms with Gasteiger partial charge in [0.2, 0.25) is 0 Å². The summed E-state index contributed by atoms with van der Waals surface area (Å²) < 4.78 is 37.7. The van der Waals surface area contributed by atoms with E-state index in [1.807, 2.05) is 4.90 Å². The zero-order valence-corrected chi connectivity index (χ0v) is 13.7. The number of para-hydroxylation sites is 1. The Labute approximate surface area is 130 Å². The van der Waals surface area contributed by atoms with Gasteiger partial charge in [-0.05, 0) is 12.1 Å². The van der Waals surface area contributed by atoms with Crippen molar-refractivity contribution in [1.29, 1.82) is 0 Å². The Balaban J connectivity index is 1.93. The number of nitrogens with zero attached hydrogens (tertiary/aromatic N) is 1. The van der Waals surface area contributed by atoms with Gasteiger partial charge in [-0.2, -0.15) is 11.8 Å². The van der Waals surface area contributed by atoms with E-state index in [0.717, 1.165) is 12.3 Å². The van der Waals surface area contributed by atoms with E-state index >= 15 is 0 Å². The van der Waals surface area contributed by atoms with Gasteiger partial charge in [-0.1, -0.05) is 19.1 Å². The van der Waals surface area contributed by atoms with Gasteiger partial charge < -0.3 is 5.32 Å². The van der Waals surface area contributed by atoms with Gasteiger partial charge in [0.05, 0.1) is 5.69 Å². The molecule has 0 aliphatic carbocycles. The highest BCUT2D eigenvalue weighted by Crippen LogP contribution is 2.21. The molecule has 0 spiro atoms. The standard InChI is InChI=1S/C14H21FN2O2S2/c1-2-21(18,19)14-11-20-10-9-17(14)8-7-16-13-6-4-3-5-12(13)15/h3-6,14,16H,2,7-11H2,1H3. The second-order valence-electron chi connectivity index (χ2n) is 4.92. The van der Waals surface area contributed by atoms with Gasteiger partial charge >= 0.3 is 0 Å². The van der Waals surface area contributed by atoms with Crippen LogP contribution in [0.5, 0.6) is 0 Å². The molecule has 2 rings (SSSR count). The summed E-state index contributed by atoms with van der Waals surface area (Å²) in [5.74, 6) is 1.44. The van der Waals surface area contributed by atoms with E-state index in [0.29, 0.717) is 24.5 Å². The van der Waals surface area contributed by atoms with Crippen LogP contribution in [-0.2, 0) is 9.84 Å². The first-order valence-electron chi connectivity index (χ1n) is 7.06. The highest BCUT2D eigenvalue weighted by atomic mass is 32.2. The molecule has 1 atom stereocenters. The maximum Gasteiger partial charge on any atom is 0.166 e. The van der Waals surface area contributed by atoms with Crippen molar-refractivity contribution < 1.29 is 12.8 Å². The summed E-state index contributed by atoms with van der Waals surface area (Å²) in [4.78, 5) is 1.99. The fourth-order valence-electron chi connectivity index (χ4n) is 2.33. The quantitative estimate of drug-likeness (QED) is 0.864. The minimum atomic E-state index is -3.07. The first-order chi connectivity index (χ1) is 10.0. The molecule has 1 unspecified atom stereocenters.